The van der Waals surface area contributed by atoms with Gasteiger partial charge in [-0.2, -0.15) is 0 Å². The number of hydrogen-bond donors (Lipinski definition) is 1. The molecule has 3 rings (SSSR count). The Morgan fingerprint density at radius 1 is 1.05 bits per heavy atom. The van der Waals surface area contributed by atoms with Crippen molar-refractivity contribution in [2.24, 2.45) is 23.7 Å². The number of rotatable bonds is 1. The summed E-state index contributed by atoms with van der Waals surface area (Å²) in [5.74, 6) is 3.10. The molecule has 2 bridgehead atoms. The van der Waals surface area contributed by atoms with Crippen molar-refractivity contribution >= 4 is 0 Å². The molecule has 2 aliphatic heterocycles. The largest absolute Gasteiger partial charge is 0.390 e. The standard InChI is InChI=1S/C18H32O2/c1-12(2)13-7-6-8-14-16-11-18(3,19)10-5-4-9-15(20-16)17(13)14/h12-17,19H,4-11H2,1-3H3/t13-,14-,15+,16-,17-,18+/m1/s1. The molecule has 6 atom stereocenters. The molecular weight excluding hydrogens is 248 g/mol. The summed E-state index contributed by atoms with van der Waals surface area (Å²) in [6.45, 7) is 6.80. The Labute approximate surface area is 124 Å². The zero-order valence-electron chi connectivity index (χ0n) is 13.5. The zero-order chi connectivity index (χ0) is 14.3. The van der Waals surface area contributed by atoms with Gasteiger partial charge in [0.05, 0.1) is 17.8 Å². The molecule has 0 aromatic rings. The predicted molar refractivity (Wildman–Crippen MR) is 81.5 cm³/mol. The van der Waals surface area contributed by atoms with E-state index in [1.165, 1.54) is 32.1 Å². The Bertz CT molecular complexity index is 336. The van der Waals surface area contributed by atoms with Crippen molar-refractivity contribution in [2.75, 3.05) is 0 Å². The van der Waals surface area contributed by atoms with Crippen molar-refractivity contribution in [3.63, 3.8) is 0 Å². The second kappa shape index (κ2) is 5.61. The molecule has 3 fully saturated rings. The number of ether oxygens (including phenoxy) is 1. The van der Waals surface area contributed by atoms with Gasteiger partial charge in [0, 0.05) is 6.42 Å². The van der Waals surface area contributed by atoms with Crippen LogP contribution in [0.3, 0.4) is 0 Å². The molecule has 0 spiro atoms. The topological polar surface area (TPSA) is 29.5 Å². The minimum Gasteiger partial charge on any atom is -0.390 e. The van der Waals surface area contributed by atoms with E-state index in [1.807, 2.05) is 6.92 Å². The first-order valence-electron chi connectivity index (χ1n) is 8.86. The van der Waals surface area contributed by atoms with E-state index in [2.05, 4.69) is 13.8 Å². The summed E-state index contributed by atoms with van der Waals surface area (Å²) in [6.07, 6.45) is 10.3. The van der Waals surface area contributed by atoms with Gasteiger partial charge in [0.2, 0.25) is 0 Å². The molecule has 0 unspecified atom stereocenters. The van der Waals surface area contributed by atoms with Crippen LogP contribution < -0.4 is 0 Å². The van der Waals surface area contributed by atoms with Crippen molar-refractivity contribution in [1.29, 1.82) is 0 Å². The highest BCUT2D eigenvalue weighted by Gasteiger charge is 2.51. The van der Waals surface area contributed by atoms with Crippen LogP contribution in [-0.4, -0.2) is 22.9 Å². The number of aliphatic hydroxyl groups is 1. The summed E-state index contributed by atoms with van der Waals surface area (Å²) in [6, 6.07) is 0. The summed E-state index contributed by atoms with van der Waals surface area (Å²) in [4.78, 5) is 0. The highest BCUT2D eigenvalue weighted by atomic mass is 16.5. The maximum Gasteiger partial charge on any atom is 0.0644 e. The van der Waals surface area contributed by atoms with Gasteiger partial charge < -0.3 is 9.84 Å². The van der Waals surface area contributed by atoms with Crippen molar-refractivity contribution in [2.45, 2.75) is 89.9 Å². The number of fused-ring (bicyclic) bond motifs is 5. The van der Waals surface area contributed by atoms with E-state index in [1.54, 1.807) is 0 Å². The molecule has 3 aliphatic rings. The van der Waals surface area contributed by atoms with Gasteiger partial charge in [-0.25, -0.2) is 0 Å². The summed E-state index contributed by atoms with van der Waals surface area (Å²) < 4.78 is 6.49. The van der Waals surface area contributed by atoms with E-state index in [4.69, 9.17) is 4.74 Å². The molecule has 2 saturated heterocycles. The molecule has 0 aromatic heterocycles. The molecule has 0 aromatic carbocycles. The summed E-state index contributed by atoms with van der Waals surface area (Å²) >= 11 is 0. The van der Waals surface area contributed by atoms with Crippen LogP contribution in [0.25, 0.3) is 0 Å². The highest BCUT2D eigenvalue weighted by molar-refractivity contribution is 4.99. The minimum atomic E-state index is -0.515. The van der Waals surface area contributed by atoms with Crippen molar-refractivity contribution in [3.8, 4) is 0 Å². The van der Waals surface area contributed by atoms with Gasteiger partial charge in [-0.05, 0) is 56.3 Å². The molecule has 1 aliphatic carbocycles. The minimum absolute atomic E-state index is 0.319. The van der Waals surface area contributed by atoms with Gasteiger partial charge in [-0.15, -0.1) is 0 Å². The maximum absolute atomic E-state index is 10.6. The van der Waals surface area contributed by atoms with Crippen molar-refractivity contribution in [1.82, 2.24) is 0 Å². The van der Waals surface area contributed by atoms with Crippen LogP contribution in [0, 0.1) is 23.7 Å². The van der Waals surface area contributed by atoms with Gasteiger partial charge in [-0.3, -0.25) is 0 Å². The smallest absolute Gasteiger partial charge is 0.0644 e. The van der Waals surface area contributed by atoms with Crippen LogP contribution in [0.4, 0.5) is 0 Å². The summed E-state index contributed by atoms with van der Waals surface area (Å²) in [5.41, 5.74) is -0.515. The van der Waals surface area contributed by atoms with Crippen LogP contribution in [0.1, 0.15) is 72.1 Å². The second-order valence-corrected chi connectivity index (χ2v) is 8.24. The van der Waals surface area contributed by atoms with Crippen LogP contribution in [0.15, 0.2) is 0 Å². The van der Waals surface area contributed by atoms with E-state index >= 15 is 0 Å². The quantitative estimate of drug-likeness (QED) is 0.781. The lowest BCUT2D eigenvalue weighted by Crippen LogP contribution is -2.38. The van der Waals surface area contributed by atoms with Crippen molar-refractivity contribution < 1.29 is 9.84 Å². The predicted octanol–water partition coefficient (Wildman–Crippen LogP) is 4.16. The summed E-state index contributed by atoms with van der Waals surface area (Å²) in [7, 11) is 0. The highest BCUT2D eigenvalue weighted by Crippen LogP contribution is 2.51. The van der Waals surface area contributed by atoms with Crippen LogP contribution in [0.2, 0.25) is 0 Å². The van der Waals surface area contributed by atoms with Gasteiger partial charge >= 0.3 is 0 Å². The molecule has 0 amide bonds. The van der Waals surface area contributed by atoms with Crippen LogP contribution in [0.5, 0.6) is 0 Å². The molecule has 0 radical (unpaired) electrons. The molecule has 2 heterocycles. The fraction of sp³-hybridized carbons (Fsp3) is 1.00. The molecule has 1 saturated carbocycles. The third-order valence-corrected chi connectivity index (χ3v) is 6.27. The zero-order valence-corrected chi connectivity index (χ0v) is 13.5. The van der Waals surface area contributed by atoms with Crippen molar-refractivity contribution in [3.05, 3.63) is 0 Å². The summed E-state index contributed by atoms with van der Waals surface area (Å²) in [5, 5.41) is 10.6. The fourth-order valence-corrected chi connectivity index (χ4v) is 5.32. The van der Waals surface area contributed by atoms with Gasteiger partial charge in [0.1, 0.15) is 0 Å². The Kier molecular flexibility index (Phi) is 4.16. The Morgan fingerprint density at radius 2 is 1.85 bits per heavy atom. The lowest BCUT2D eigenvalue weighted by molar-refractivity contribution is -0.0365. The average Bonchev–Trinajstić information content (AvgIpc) is 2.75. The fourth-order valence-electron chi connectivity index (χ4n) is 5.32. The van der Waals surface area contributed by atoms with Gasteiger partial charge in [-0.1, -0.05) is 33.1 Å². The first kappa shape index (κ1) is 14.8. The van der Waals surface area contributed by atoms with E-state index in [0.29, 0.717) is 18.1 Å². The van der Waals surface area contributed by atoms with E-state index in [-0.39, 0.29) is 0 Å². The van der Waals surface area contributed by atoms with E-state index in [0.717, 1.165) is 37.0 Å². The van der Waals surface area contributed by atoms with E-state index in [9.17, 15) is 5.11 Å². The first-order chi connectivity index (χ1) is 9.48. The van der Waals surface area contributed by atoms with Crippen LogP contribution >= 0.6 is 0 Å². The SMILES string of the molecule is CC(C)[C@H]1CCC[C@H]2[C@@H]1[C@@H]1CCCC[C@](C)(O)C[C@H]2O1. The Balaban J connectivity index is 1.83. The second-order valence-electron chi connectivity index (χ2n) is 8.24. The third-order valence-electron chi connectivity index (χ3n) is 6.27. The monoisotopic (exact) mass is 280 g/mol. The Morgan fingerprint density at radius 3 is 2.60 bits per heavy atom. The third kappa shape index (κ3) is 2.78. The van der Waals surface area contributed by atoms with Crippen LogP contribution in [-0.2, 0) is 4.74 Å². The molecule has 2 heteroatoms. The van der Waals surface area contributed by atoms with E-state index < -0.39 is 5.60 Å². The maximum atomic E-state index is 10.6. The number of hydrogen-bond acceptors (Lipinski definition) is 2. The molecule has 2 nitrogen and oxygen atoms in total. The molecule has 116 valence electrons. The first-order valence-corrected chi connectivity index (χ1v) is 8.86. The molecule has 20 heavy (non-hydrogen) atoms. The Hall–Kier alpha value is -0.0800. The lowest BCUT2D eigenvalue weighted by Gasteiger charge is -2.40. The average molecular weight is 280 g/mol. The molecule has 1 N–H and O–H groups in total. The van der Waals surface area contributed by atoms with Gasteiger partial charge in [0.15, 0.2) is 0 Å². The lowest BCUT2D eigenvalue weighted by atomic mass is 9.64. The molecular formula is C18H32O2. The normalized spacial score (nSPS) is 49.4. The van der Waals surface area contributed by atoms with Gasteiger partial charge in [0.25, 0.3) is 0 Å².